The highest BCUT2D eigenvalue weighted by atomic mass is 32.2. The van der Waals surface area contributed by atoms with Gasteiger partial charge >= 0.3 is 0 Å². The van der Waals surface area contributed by atoms with E-state index in [2.05, 4.69) is 19.9 Å². The maximum atomic E-state index is 4.39. The first-order chi connectivity index (χ1) is 7.83. The molecule has 0 fully saturated rings. The van der Waals surface area contributed by atoms with Gasteiger partial charge in [-0.2, -0.15) is 0 Å². The fourth-order valence-electron chi connectivity index (χ4n) is 1.16. The topological polar surface area (TPSA) is 51.6 Å². The van der Waals surface area contributed by atoms with Gasteiger partial charge in [0.15, 0.2) is 10.3 Å². The van der Waals surface area contributed by atoms with Crippen molar-refractivity contribution in [3.63, 3.8) is 0 Å². The molecule has 0 aliphatic heterocycles. The molecule has 0 aromatic carbocycles. The highest BCUT2D eigenvalue weighted by Crippen LogP contribution is 2.18. The van der Waals surface area contributed by atoms with Crippen LogP contribution in [-0.2, 0) is 0 Å². The van der Waals surface area contributed by atoms with E-state index in [0.717, 1.165) is 21.7 Å². The minimum atomic E-state index is 0.752. The summed E-state index contributed by atoms with van der Waals surface area (Å²) in [6.07, 6.45) is 7.39. The molecule has 2 aromatic heterocycles. The Hall–Kier alpha value is -1.14. The molecule has 4 nitrogen and oxygen atoms in total. The largest absolute Gasteiger partial charge is 0.231 e. The van der Waals surface area contributed by atoms with Crippen LogP contribution < -0.4 is 0 Å². The normalized spacial score (nSPS) is 10.4. The lowest BCUT2D eigenvalue weighted by atomic mass is 10.3. The van der Waals surface area contributed by atoms with Gasteiger partial charge in [-0.15, -0.1) is 0 Å². The Morgan fingerprint density at radius 1 is 0.812 bits per heavy atom. The summed E-state index contributed by atoms with van der Waals surface area (Å²) in [5.41, 5.74) is 1.66. The van der Waals surface area contributed by atoms with Gasteiger partial charge in [0.2, 0.25) is 0 Å². The van der Waals surface area contributed by atoms with Gasteiger partial charge in [0.05, 0.1) is 11.4 Å². The van der Waals surface area contributed by atoms with E-state index in [4.69, 9.17) is 0 Å². The summed E-state index contributed by atoms with van der Waals surface area (Å²) in [5, 5.41) is 1.50. The maximum Gasteiger partial charge on any atom is 0.187 e. The second-order valence-corrected chi connectivity index (χ2v) is 4.40. The van der Waals surface area contributed by atoms with Gasteiger partial charge in [0.25, 0.3) is 0 Å². The Morgan fingerprint density at radius 3 is 1.62 bits per heavy atom. The van der Waals surface area contributed by atoms with Gasteiger partial charge in [0, 0.05) is 12.4 Å². The summed E-state index contributed by atoms with van der Waals surface area (Å²) in [6.45, 7) is 0. The molecule has 0 radical (unpaired) electrons. The van der Waals surface area contributed by atoms with E-state index in [9.17, 15) is 0 Å². The summed E-state index contributed by atoms with van der Waals surface area (Å²) in [7, 11) is 0. The minimum Gasteiger partial charge on any atom is -0.231 e. The number of aromatic nitrogens is 4. The van der Waals surface area contributed by atoms with Crippen molar-refractivity contribution >= 4 is 23.5 Å². The molecule has 2 aromatic rings. The molecule has 0 atom stereocenters. The number of hydrogen-bond donors (Lipinski definition) is 0. The lowest BCUT2D eigenvalue weighted by Crippen LogP contribution is -1.93. The molecule has 0 spiro atoms. The van der Waals surface area contributed by atoms with Crippen molar-refractivity contribution in [2.75, 3.05) is 12.5 Å². The summed E-state index contributed by atoms with van der Waals surface area (Å²) < 4.78 is 0. The maximum absolute atomic E-state index is 4.39. The van der Waals surface area contributed by atoms with E-state index in [1.165, 1.54) is 23.5 Å². The van der Waals surface area contributed by atoms with Gasteiger partial charge < -0.3 is 0 Å². The Labute approximate surface area is 102 Å². The monoisotopic (exact) mass is 250 g/mol. The lowest BCUT2D eigenvalue weighted by molar-refractivity contribution is 0.939. The van der Waals surface area contributed by atoms with Crippen molar-refractivity contribution < 1.29 is 0 Å². The van der Waals surface area contributed by atoms with E-state index in [0.29, 0.717) is 0 Å². The van der Waals surface area contributed by atoms with Gasteiger partial charge in [-0.3, -0.25) is 0 Å². The Morgan fingerprint density at radius 2 is 1.25 bits per heavy atom. The van der Waals surface area contributed by atoms with E-state index in [-0.39, 0.29) is 0 Å². The van der Waals surface area contributed by atoms with Crippen molar-refractivity contribution in [2.45, 2.75) is 10.3 Å². The zero-order chi connectivity index (χ0) is 11.4. The molecule has 2 heterocycles. The van der Waals surface area contributed by atoms with E-state index < -0.39 is 0 Å². The number of thioether (sulfide) groups is 2. The molecule has 82 valence electrons. The molecule has 0 bridgehead atoms. The number of nitrogens with zero attached hydrogens (tertiary/aromatic N) is 4. The summed E-state index contributed by atoms with van der Waals surface area (Å²) in [5.74, 6) is 0. The quantitative estimate of drug-likeness (QED) is 0.616. The standard InChI is InChI=1S/C10H10N4S2/c1-15-9-11-5-3-7(13-9)8-4-6-12-10(14-8)16-2/h3-6H,1-2H3. The van der Waals surface area contributed by atoms with Gasteiger partial charge in [0.1, 0.15) is 0 Å². The van der Waals surface area contributed by atoms with E-state index in [1.807, 2.05) is 24.6 Å². The van der Waals surface area contributed by atoms with Crippen LogP contribution in [0.25, 0.3) is 11.4 Å². The fourth-order valence-corrected chi connectivity index (χ4v) is 1.88. The van der Waals surface area contributed by atoms with Crippen LogP contribution in [-0.4, -0.2) is 32.4 Å². The average Bonchev–Trinajstić information content (AvgIpc) is 2.39. The van der Waals surface area contributed by atoms with Crippen molar-refractivity contribution in [1.82, 2.24) is 19.9 Å². The van der Waals surface area contributed by atoms with Gasteiger partial charge in [-0.05, 0) is 24.6 Å². The van der Waals surface area contributed by atoms with Crippen LogP contribution in [0.3, 0.4) is 0 Å². The van der Waals surface area contributed by atoms with Crippen molar-refractivity contribution in [3.05, 3.63) is 24.5 Å². The predicted molar refractivity (Wildman–Crippen MR) is 66.6 cm³/mol. The number of rotatable bonds is 3. The van der Waals surface area contributed by atoms with Crippen LogP contribution in [0, 0.1) is 0 Å². The van der Waals surface area contributed by atoms with E-state index in [1.54, 1.807) is 12.4 Å². The smallest absolute Gasteiger partial charge is 0.187 e. The van der Waals surface area contributed by atoms with Gasteiger partial charge in [-0.1, -0.05) is 23.5 Å². The highest BCUT2D eigenvalue weighted by molar-refractivity contribution is 7.98. The Bertz CT molecular complexity index is 444. The molecule has 16 heavy (non-hydrogen) atoms. The third-order valence-electron chi connectivity index (χ3n) is 1.89. The Balaban J connectivity index is 2.41. The lowest BCUT2D eigenvalue weighted by Gasteiger charge is -2.02. The van der Waals surface area contributed by atoms with Crippen LogP contribution in [0.15, 0.2) is 34.8 Å². The van der Waals surface area contributed by atoms with Crippen LogP contribution in [0.4, 0.5) is 0 Å². The van der Waals surface area contributed by atoms with E-state index >= 15 is 0 Å². The second kappa shape index (κ2) is 5.27. The fraction of sp³-hybridized carbons (Fsp3) is 0.200. The molecule has 0 saturated heterocycles. The molecule has 2 rings (SSSR count). The van der Waals surface area contributed by atoms with Crippen molar-refractivity contribution in [3.8, 4) is 11.4 Å². The minimum absolute atomic E-state index is 0.752. The van der Waals surface area contributed by atoms with Crippen molar-refractivity contribution in [2.24, 2.45) is 0 Å². The third-order valence-corrected chi connectivity index (χ3v) is 3.02. The first-order valence-corrected chi connectivity index (χ1v) is 7.03. The number of hydrogen-bond acceptors (Lipinski definition) is 6. The van der Waals surface area contributed by atoms with Crippen molar-refractivity contribution in [1.29, 1.82) is 0 Å². The summed E-state index contributed by atoms with van der Waals surface area (Å²) in [6, 6.07) is 3.71. The molecular formula is C10H10N4S2. The zero-order valence-corrected chi connectivity index (χ0v) is 10.5. The van der Waals surface area contributed by atoms with Crippen LogP contribution in [0.2, 0.25) is 0 Å². The molecule has 0 N–H and O–H groups in total. The van der Waals surface area contributed by atoms with Crippen LogP contribution in [0.1, 0.15) is 0 Å². The Kier molecular flexibility index (Phi) is 3.74. The molecule has 0 amide bonds. The molecule has 0 aliphatic carbocycles. The molecule has 0 aliphatic rings. The summed E-state index contributed by atoms with van der Waals surface area (Å²) >= 11 is 3.03. The second-order valence-electron chi connectivity index (χ2n) is 2.86. The summed E-state index contributed by atoms with van der Waals surface area (Å²) in [4.78, 5) is 17.0. The molecule has 0 unspecified atom stereocenters. The first kappa shape index (κ1) is 11.3. The molecule has 6 heteroatoms. The first-order valence-electron chi connectivity index (χ1n) is 4.58. The zero-order valence-electron chi connectivity index (χ0n) is 8.91. The highest BCUT2D eigenvalue weighted by Gasteiger charge is 2.04. The van der Waals surface area contributed by atoms with Crippen LogP contribution in [0.5, 0.6) is 0 Å². The third kappa shape index (κ3) is 2.51. The molecular weight excluding hydrogens is 240 g/mol. The van der Waals surface area contributed by atoms with Gasteiger partial charge in [-0.25, -0.2) is 19.9 Å². The average molecular weight is 250 g/mol. The SMILES string of the molecule is CSc1nccc(-c2ccnc(SC)n2)n1. The molecule has 0 saturated carbocycles. The predicted octanol–water partition coefficient (Wildman–Crippen LogP) is 2.38. The van der Waals surface area contributed by atoms with Crippen LogP contribution >= 0.6 is 23.5 Å².